The van der Waals surface area contributed by atoms with Gasteiger partial charge in [-0.25, -0.2) is 4.79 Å². The van der Waals surface area contributed by atoms with Gasteiger partial charge in [0.15, 0.2) is 0 Å². The van der Waals surface area contributed by atoms with E-state index in [0.717, 1.165) is 18.6 Å². The van der Waals surface area contributed by atoms with E-state index in [9.17, 15) is 9.90 Å². The van der Waals surface area contributed by atoms with Crippen molar-refractivity contribution < 1.29 is 14.6 Å². The van der Waals surface area contributed by atoms with E-state index >= 15 is 0 Å². The second-order valence-corrected chi connectivity index (χ2v) is 5.92. The molecule has 0 spiro atoms. The highest BCUT2D eigenvalue weighted by Crippen LogP contribution is 2.27. The van der Waals surface area contributed by atoms with Gasteiger partial charge in [0.05, 0.1) is 19.2 Å². The third kappa shape index (κ3) is 4.63. The van der Waals surface area contributed by atoms with Crippen LogP contribution >= 0.6 is 0 Å². The van der Waals surface area contributed by atoms with Gasteiger partial charge in [-0.15, -0.1) is 0 Å². The monoisotopic (exact) mass is 292 g/mol. The lowest BCUT2D eigenvalue weighted by Crippen LogP contribution is -2.46. The van der Waals surface area contributed by atoms with Crippen LogP contribution in [0, 0.1) is 5.92 Å². The number of aliphatic hydroxyl groups is 1. The molecule has 1 aliphatic heterocycles. The Kier molecular flexibility index (Phi) is 5.44. The molecule has 2 unspecified atom stereocenters. The zero-order chi connectivity index (χ0) is 15.2. The van der Waals surface area contributed by atoms with Gasteiger partial charge in [-0.3, -0.25) is 0 Å². The maximum atomic E-state index is 11.8. The van der Waals surface area contributed by atoms with Crippen LogP contribution in [0.1, 0.15) is 25.8 Å². The Labute approximate surface area is 125 Å². The smallest absolute Gasteiger partial charge is 0.315 e. The largest absolute Gasteiger partial charge is 0.488 e. The van der Waals surface area contributed by atoms with E-state index in [2.05, 4.69) is 24.5 Å². The third-order valence-electron chi connectivity index (χ3n) is 3.52. The Morgan fingerprint density at radius 1 is 1.43 bits per heavy atom. The number of hydrogen-bond donors (Lipinski definition) is 3. The zero-order valence-electron chi connectivity index (χ0n) is 12.6. The van der Waals surface area contributed by atoms with Crippen LogP contribution in [0.25, 0.3) is 0 Å². The minimum atomic E-state index is -0.255. The van der Waals surface area contributed by atoms with Gasteiger partial charge in [0.1, 0.15) is 11.9 Å². The standard InChI is InChI=1S/C16H24N2O3/c1-11(2)7-13(10-19)18-16(20)17-9-14-8-12-5-3-4-6-15(12)21-14/h3-6,11,13-14,19H,7-10H2,1-2H3,(H2,17,18,20). The summed E-state index contributed by atoms with van der Waals surface area (Å²) < 4.78 is 5.76. The highest BCUT2D eigenvalue weighted by atomic mass is 16.5. The minimum absolute atomic E-state index is 0.0224. The Morgan fingerprint density at radius 3 is 2.86 bits per heavy atom. The number of ether oxygens (including phenoxy) is 1. The lowest BCUT2D eigenvalue weighted by atomic mass is 10.0. The quantitative estimate of drug-likeness (QED) is 0.747. The van der Waals surface area contributed by atoms with Gasteiger partial charge < -0.3 is 20.5 Å². The van der Waals surface area contributed by atoms with Gasteiger partial charge in [0, 0.05) is 6.42 Å². The Morgan fingerprint density at radius 2 is 2.19 bits per heavy atom. The van der Waals surface area contributed by atoms with Gasteiger partial charge in [0.2, 0.25) is 0 Å². The summed E-state index contributed by atoms with van der Waals surface area (Å²) in [6.45, 7) is 4.54. The molecular formula is C16H24N2O3. The van der Waals surface area contributed by atoms with E-state index in [1.807, 2.05) is 24.3 Å². The maximum absolute atomic E-state index is 11.8. The molecule has 0 aliphatic carbocycles. The predicted molar refractivity (Wildman–Crippen MR) is 81.4 cm³/mol. The van der Waals surface area contributed by atoms with Crippen LogP contribution in [0.15, 0.2) is 24.3 Å². The van der Waals surface area contributed by atoms with Crippen LogP contribution in [0.5, 0.6) is 5.75 Å². The molecule has 0 saturated carbocycles. The average Bonchev–Trinajstić information content (AvgIpc) is 2.86. The molecule has 0 saturated heterocycles. The summed E-state index contributed by atoms with van der Waals surface area (Å²) in [4.78, 5) is 11.8. The van der Waals surface area contributed by atoms with Crippen molar-refractivity contribution in [2.75, 3.05) is 13.2 Å². The Hall–Kier alpha value is -1.75. The molecule has 0 bridgehead atoms. The van der Waals surface area contributed by atoms with E-state index in [-0.39, 0.29) is 24.8 Å². The van der Waals surface area contributed by atoms with Crippen molar-refractivity contribution >= 4 is 6.03 Å². The number of carbonyl (C=O) groups is 1. The predicted octanol–water partition coefficient (Wildman–Crippen LogP) is 1.70. The van der Waals surface area contributed by atoms with Crippen LogP contribution in [-0.2, 0) is 6.42 Å². The first kappa shape index (κ1) is 15.6. The molecule has 116 valence electrons. The van der Waals surface area contributed by atoms with Gasteiger partial charge in [-0.2, -0.15) is 0 Å². The molecule has 0 fully saturated rings. The molecule has 1 heterocycles. The summed E-state index contributed by atoms with van der Waals surface area (Å²) in [7, 11) is 0. The SMILES string of the molecule is CC(C)CC(CO)NC(=O)NCC1Cc2ccccc2O1. The van der Waals surface area contributed by atoms with Crippen molar-refractivity contribution in [2.24, 2.45) is 5.92 Å². The first-order valence-electron chi connectivity index (χ1n) is 7.48. The van der Waals surface area contributed by atoms with Crippen LogP contribution in [0.3, 0.4) is 0 Å². The number of rotatable bonds is 6. The number of para-hydroxylation sites is 1. The fraction of sp³-hybridized carbons (Fsp3) is 0.562. The molecule has 5 nitrogen and oxygen atoms in total. The molecule has 1 aromatic rings. The van der Waals surface area contributed by atoms with Gasteiger partial charge in [-0.1, -0.05) is 32.0 Å². The summed E-state index contributed by atoms with van der Waals surface area (Å²) in [5.74, 6) is 1.33. The summed E-state index contributed by atoms with van der Waals surface area (Å²) in [6, 6.07) is 7.46. The van der Waals surface area contributed by atoms with Crippen molar-refractivity contribution in [3.63, 3.8) is 0 Å². The van der Waals surface area contributed by atoms with Crippen molar-refractivity contribution in [3.05, 3.63) is 29.8 Å². The van der Waals surface area contributed by atoms with Crippen molar-refractivity contribution in [2.45, 2.75) is 38.8 Å². The normalized spacial score (nSPS) is 18.0. The van der Waals surface area contributed by atoms with Crippen LogP contribution in [0.2, 0.25) is 0 Å². The number of hydrogen-bond acceptors (Lipinski definition) is 3. The third-order valence-corrected chi connectivity index (χ3v) is 3.52. The number of urea groups is 1. The van der Waals surface area contributed by atoms with Gasteiger partial charge in [-0.05, 0) is 24.0 Å². The summed E-state index contributed by atoms with van der Waals surface area (Å²) >= 11 is 0. The maximum Gasteiger partial charge on any atom is 0.315 e. The van der Waals surface area contributed by atoms with Crippen LogP contribution < -0.4 is 15.4 Å². The molecule has 1 aromatic carbocycles. The minimum Gasteiger partial charge on any atom is -0.488 e. The number of nitrogens with one attached hydrogen (secondary N) is 2. The summed E-state index contributed by atoms with van der Waals surface area (Å²) in [5, 5.41) is 14.9. The number of carbonyl (C=O) groups excluding carboxylic acids is 1. The number of fused-ring (bicyclic) bond motifs is 1. The average molecular weight is 292 g/mol. The summed E-state index contributed by atoms with van der Waals surface area (Å²) in [6.07, 6.45) is 1.55. The van der Waals surface area contributed by atoms with Crippen molar-refractivity contribution in [1.29, 1.82) is 0 Å². The molecular weight excluding hydrogens is 268 g/mol. The Bertz CT molecular complexity index is 451. The van der Waals surface area contributed by atoms with E-state index in [4.69, 9.17) is 4.74 Å². The summed E-state index contributed by atoms with van der Waals surface area (Å²) in [5.41, 5.74) is 1.18. The molecule has 0 aromatic heterocycles. The fourth-order valence-electron chi connectivity index (χ4n) is 2.56. The molecule has 2 rings (SSSR count). The van der Waals surface area contributed by atoms with E-state index in [0.29, 0.717) is 12.5 Å². The lowest BCUT2D eigenvalue weighted by Gasteiger charge is -2.19. The molecule has 1 aliphatic rings. The molecule has 2 atom stereocenters. The molecule has 21 heavy (non-hydrogen) atoms. The molecule has 2 amide bonds. The van der Waals surface area contributed by atoms with Gasteiger partial charge >= 0.3 is 6.03 Å². The number of aliphatic hydroxyl groups excluding tert-OH is 1. The first-order chi connectivity index (χ1) is 10.1. The van der Waals surface area contributed by atoms with Crippen molar-refractivity contribution in [3.8, 4) is 5.75 Å². The highest BCUT2D eigenvalue weighted by molar-refractivity contribution is 5.74. The Balaban J connectivity index is 1.73. The first-order valence-corrected chi connectivity index (χ1v) is 7.48. The van der Waals surface area contributed by atoms with Crippen LogP contribution in [0.4, 0.5) is 4.79 Å². The zero-order valence-corrected chi connectivity index (χ0v) is 12.6. The molecule has 5 heteroatoms. The second-order valence-electron chi connectivity index (χ2n) is 5.92. The van der Waals surface area contributed by atoms with E-state index in [1.165, 1.54) is 5.56 Å². The number of benzene rings is 1. The van der Waals surface area contributed by atoms with E-state index in [1.54, 1.807) is 0 Å². The molecule has 3 N–H and O–H groups in total. The molecule has 0 radical (unpaired) electrons. The topological polar surface area (TPSA) is 70.6 Å². The van der Waals surface area contributed by atoms with Gasteiger partial charge in [0.25, 0.3) is 0 Å². The van der Waals surface area contributed by atoms with Crippen LogP contribution in [-0.4, -0.2) is 36.4 Å². The highest BCUT2D eigenvalue weighted by Gasteiger charge is 2.23. The van der Waals surface area contributed by atoms with Crippen molar-refractivity contribution in [1.82, 2.24) is 10.6 Å². The van der Waals surface area contributed by atoms with E-state index < -0.39 is 0 Å². The second kappa shape index (κ2) is 7.31. The fourth-order valence-corrected chi connectivity index (χ4v) is 2.56. The number of amides is 2. The lowest BCUT2D eigenvalue weighted by molar-refractivity contribution is 0.197.